The number of nitrogens with zero attached hydrogens (tertiary/aromatic N) is 3. The van der Waals surface area contributed by atoms with Crippen LogP contribution in [0.1, 0.15) is 37.0 Å². The summed E-state index contributed by atoms with van der Waals surface area (Å²) in [5, 5.41) is 3.86. The van der Waals surface area contributed by atoms with Gasteiger partial charge in [0.15, 0.2) is 5.69 Å². The Morgan fingerprint density at radius 3 is 2.50 bits per heavy atom. The highest BCUT2D eigenvalue weighted by molar-refractivity contribution is 6.35. The van der Waals surface area contributed by atoms with E-state index in [9.17, 15) is 26.7 Å². The van der Waals surface area contributed by atoms with E-state index in [1.807, 2.05) is 0 Å². The minimum Gasteiger partial charge on any atom is -0.461 e. The Morgan fingerprint density at radius 2 is 1.97 bits per heavy atom. The van der Waals surface area contributed by atoms with Gasteiger partial charge in [0, 0.05) is 30.9 Å². The van der Waals surface area contributed by atoms with Crippen LogP contribution in [0.4, 0.5) is 22.0 Å². The molecule has 0 amide bonds. The van der Waals surface area contributed by atoms with Crippen LogP contribution in [-0.2, 0) is 17.7 Å². The van der Waals surface area contributed by atoms with Gasteiger partial charge in [0.05, 0.1) is 23.8 Å². The van der Waals surface area contributed by atoms with Gasteiger partial charge in [-0.3, -0.25) is 9.67 Å². The van der Waals surface area contributed by atoms with E-state index < -0.39 is 36.8 Å². The third kappa shape index (κ3) is 5.38. The molecular weight excluding hydrogens is 437 g/mol. The molecule has 2 aromatic heterocycles. The number of pyridine rings is 1. The molecule has 30 heavy (non-hydrogen) atoms. The quantitative estimate of drug-likeness (QED) is 0.407. The van der Waals surface area contributed by atoms with Gasteiger partial charge in [-0.2, -0.15) is 27.1 Å². The first-order chi connectivity index (χ1) is 14.0. The van der Waals surface area contributed by atoms with Gasteiger partial charge >= 0.3 is 18.8 Å². The van der Waals surface area contributed by atoms with Crippen LogP contribution in [0.25, 0.3) is 11.3 Å². The summed E-state index contributed by atoms with van der Waals surface area (Å²) in [5.74, 6) is -2.98. The third-order valence-corrected chi connectivity index (χ3v) is 4.49. The molecule has 0 N–H and O–H groups in total. The molecule has 0 aliphatic heterocycles. The van der Waals surface area contributed by atoms with E-state index in [1.165, 1.54) is 4.68 Å². The number of rotatable bonds is 8. The topological polar surface area (TPSA) is 66.2 Å². The highest BCUT2D eigenvalue weighted by Crippen LogP contribution is 2.38. The van der Waals surface area contributed by atoms with E-state index in [0.717, 1.165) is 19.2 Å². The lowest BCUT2D eigenvalue weighted by Gasteiger charge is -2.17. The van der Waals surface area contributed by atoms with Gasteiger partial charge < -0.3 is 9.47 Å². The number of ether oxygens (including phenoxy) is 2. The number of esters is 1. The molecule has 0 aromatic carbocycles. The van der Waals surface area contributed by atoms with Gasteiger partial charge in [0.25, 0.3) is 0 Å². The normalized spacial score (nSPS) is 12.9. The third-order valence-electron chi connectivity index (χ3n) is 4.13. The second kappa shape index (κ2) is 9.59. The Kier molecular flexibility index (Phi) is 7.62. The summed E-state index contributed by atoms with van der Waals surface area (Å²) in [6, 6.07) is 0.997. The molecule has 0 aliphatic carbocycles. The fourth-order valence-corrected chi connectivity index (χ4v) is 2.96. The zero-order valence-electron chi connectivity index (χ0n) is 16.3. The van der Waals surface area contributed by atoms with E-state index in [1.54, 1.807) is 13.8 Å². The van der Waals surface area contributed by atoms with Crippen LogP contribution in [0.2, 0.25) is 5.02 Å². The fourth-order valence-electron chi connectivity index (χ4n) is 2.65. The van der Waals surface area contributed by atoms with Crippen molar-refractivity contribution in [3.63, 3.8) is 0 Å². The highest BCUT2D eigenvalue weighted by atomic mass is 35.5. The van der Waals surface area contributed by atoms with Crippen molar-refractivity contribution in [3.05, 3.63) is 28.7 Å². The Labute approximate surface area is 173 Å². The van der Waals surface area contributed by atoms with Crippen LogP contribution in [0.15, 0.2) is 12.3 Å². The van der Waals surface area contributed by atoms with Gasteiger partial charge in [0.2, 0.25) is 0 Å². The number of carbonyl (C=O) groups is 1. The van der Waals surface area contributed by atoms with Gasteiger partial charge in [0.1, 0.15) is 10.8 Å². The summed E-state index contributed by atoms with van der Waals surface area (Å²) in [4.78, 5) is 16.0. The Hall–Kier alpha value is -2.43. The van der Waals surface area contributed by atoms with E-state index >= 15 is 0 Å². The monoisotopic (exact) mass is 455 g/mol. The number of aromatic nitrogens is 3. The maximum Gasteiger partial charge on any atom is 0.391 e. The molecule has 0 aliphatic rings. The average Bonchev–Trinajstić information content (AvgIpc) is 2.97. The van der Waals surface area contributed by atoms with Crippen LogP contribution < -0.4 is 4.74 Å². The molecule has 0 bridgehead atoms. The van der Waals surface area contributed by atoms with Crippen LogP contribution in [0.3, 0.4) is 0 Å². The van der Waals surface area contributed by atoms with Gasteiger partial charge in [-0.05, 0) is 13.8 Å². The average molecular weight is 456 g/mol. The summed E-state index contributed by atoms with van der Waals surface area (Å²) in [6.07, 6.45) is -3.93. The molecule has 166 valence electrons. The summed E-state index contributed by atoms with van der Waals surface area (Å²) in [5.41, 5.74) is -0.314. The summed E-state index contributed by atoms with van der Waals surface area (Å²) in [7, 11) is 0. The van der Waals surface area contributed by atoms with Crippen LogP contribution >= 0.6 is 11.6 Å². The smallest absolute Gasteiger partial charge is 0.391 e. The SMILES string of the molecule is CCOC(=O)c1nn(CC)c(-c2cnc(C[C@H](C)C(F)(F)F)cc2OC(F)F)c1Cl. The number of carbonyl (C=O) groups excluding carboxylic acids is 1. The van der Waals surface area contributed by atoms with Crippen molar-refractivity contribution < 1.29 is 36.2 Å². The lowest BCUT2D eigenvalue weighted by Crippen LogP contribution is -2.22. The first-order valence-electron chi connectivity index (χ1n) is 8.93. The number of hydrogen-bond acceptors (Lipinski definition) is 5. The zero-order chi connectivity index (χ0) is 22.6. The molecule has 0 spiro atoms. The molecule has 2 heterocycles. The number of hydrogen-bond donors (Lipinski definition) is 0. The molecular formula is C18H19ClF5N3O3. The molecule has 2 aromatic rings. The Balaban J connectivity index is 2.56. The van der Waals surface area contributed by atoms with Gasteiger partial charge in [-0.25, -0.2) is 4.79 Å². The fraction of sp³-hybridized carbons (Fsp3) is 0.500. The van der Waals surface area contributed by atoms with Crippen molar-refractivity contribution in [2.75, 3.05) is 6.61 Å². The molecule has 0 unspecified atom stereocenters. The van der Waals surface area contributed by atoms with Crippen molar-refractivity contribution in [1.82, 2.24) is 14.8 Å². The van der Waals surface area contributed by atoms with Crippen LogP contribution in [0.5, 0.6) is 5.75 Å². The minimum atomic E-state index is -4.47. The van der Waals surface area contributed by atoms with Crippen molar-refractivity contribution in [2.45, 2.75) is 46.5 Å². The van der Waals surface area contributed by atoms with Crippen molar-refractivity contribution in [2.24, 2.45) is 5.92 Å². The van der Waals surface area contributed by atoms with Crippen molar-refractivity contribution >= 4 is 17.6 Å². The molecule has 0 fully saturated rings. The summed E-state index contributed by atoms with van der Waals surface area (Å²) in [6.45, 7) is 1.23. The predicted molar refractivity (Wildman–Crippen MR) is 97.7 cm³/mol. The van der Waals surface area contributed by atoms with Crippen LogP contribution in [0, 0.1) is 5.92 Å². The molecule has 6 nitrogen and oxygen atoms in total. The van der Waals surface area contributed by atoms with Crippen molar-refractivity contribution in [1.29, 1.82) is 0 Å². The predicted octanol–water partition coefficient (Wildman–Crippen LogP) is 5.14. The lowest BCUT2D eigenvalue weighted by molar-refractivity contribution is -0.169. The summed E-state index contributed by atoms with van der Waals surface area (Å²) >= 11 is 6.26. The van der Waals surface area contributed by atoms with E-state index in [4.69, 9.17) is 16.3 Å². The first-order valence-corrected chi connectivity index (χ1v) is 9.31. The van der Waals surface area contributed by atoms with E-state index in [0.29, 0.717) is 0 Å². The standard InChI is InChI=1S/C18H19ClF5N3O3/c1-4-27-15(13(19)14(26-27)16(28)29-5-2)11-8-25-10(6-9(3)18(22,23)24)7-12(11)30-17(20)21/h7-9,17H,4-6H2,1-3H3/t9-/m0/s1. The zero-order valence-corrected chi connectivity index (χ0v) is 17.0. The van der Waals surface area contributed by atoms with Gasteiger partial charge in [-0.15, -0.1) is 0 Å². The maximum absolute atomic E-state index is 13.0. The maximum atomic E-state index is 13.0. The molecule has 0 saturated carbocycles. The van der Waals surface area contributed by atoms with Crippen LogP contribution in [-0.4, -0.2) is 40.1 Å². The number of halogens is 6. The molecule has 1 atom stereocenters. The van der Waals surface area contributed by atoms with E-state index in [2.05, 4.69) is 14.8 Å². The lowest BCUT2D eigenvalue weighted by atomic mass is 10.0. The summed E-state index contributed by atoms with van der Waals surface area (Å²) < 4.78 is 75.1. The van der Waals surface area contributed by atoms with Crippen molar-refractivity contribution in [3.8, 4) is 17.0 Å². The minimum absolute atomic E-state index is 0.0476. The first kappa shape index (κ1) is 23.8. The number of alkyl halides is 5. The highest BCUT2D eigenvalue weighted by Gasteiger charge is 2.36. The molecule has 2 rings (SSSR count). The second-order valence-electron chi connectivity index (χ2n) is 6.24. The Morgan fingerprint density at radius 1 is 1.30 bits per heavy atom. The molecule has 12 heteroatoms. The molecule has 0 radical (unpaired) electrons. The van der Waals surface area contributed by atoms with E-state index in [-0.39, 0.29) is 40.8 Å². The molecule has 0 saturated heterocycles. The number of aryl methyl sites for hydroxylation is 1. The second-order valence-corrected chi connectivity index (χ2v) is 6.62. The Bertz CT molecular complexity index is 902. The van der Waals surface area contributed by atoms with Gasteiger partial charge in [-0.1, -0.05) is 18.5 Å². The largest absolute Gasteiger partial charge is 0.461 e.